The van der Waals surface area contributed by atoms with Crippen molar-refractivity contribution < 1.29 is 0 Å². The van der Waals surface area contributed by atoms with Crippen molar-refractivity contribution in [2.24, 2.45) is 0 Å². The number of hydrogen-bond donors (Lipinski definition) is 2. The van der Waals surface area contributed by atoms with E-state index in [2.05, 4.69) is 34.8 Å². The van der Waals surface area contributed by atoms with Gasteiger partial charge in [0, 0.05) is 26.2 Å². The zero-order valence-corrected chi connectivity index (χ0v) is 14.1. The van der Waals surface area contributed by atoms with E-state index in [-0.39, 0.29) is 10.6 Å². The van der Waals surface area contributed by atoms with Crippen molar-refractivity contribution >= 4 is 17.3 Å². The van der Waals surface area contributed by atoms with Crippen LogP contribution >= 0.6 is 11.6 Å². The largest absolute Gasteiger partial charge is 0.381 e. The van der Waals surface area contributed by atoms with Crippen LogP contribution in [0.25, 0.3) is 0 Å². The van der Waals surface area contributed by atoms with Gasteiger partial charge >= 0.3 is 0 Å². The number of halogens is 1. The number of aromatic nitrogens is 2. The molecule has 0 radical (unpaired) electrons. The molecule has 2 aromatic rings. The molecule has 2 rings (SSSR count). The van der Waals surface area contributed by atoms with Gasteiger partial charge in [0.1, 0.15) is 5.02 Å². The summed E-state index contributed by atoms with van der Waals surface area (Å²) in [6.07, 6.45) is 3.55. The monoisotopic (exact) mass is 334 g/mol. The average molecular weight is 335 g/mol. The second kappa shape index (κ2) is 9.33. The van der Waals surface area contributed by atoms with Crippen molar-refractivity contribution in [1.82, 2.24) is 15.1 Å². The molecular formula is C17H23ClN4O. The van der Waals surface area contributed by atoms with Crippen LogP contribution in [0.1, 0.15) is 25.3 Å². The molecule has 2 N–H and O–H groups in total. The summed E-state index contributed by atoms with van der Waals surface area (Å²) in [5.74, 6) is 0. The van der Waals surface area contributed by atoms with Gasteiger partial charge in [-0.15, -0.1) is 0 Å². The number of benzene rings is 1. The van der Waals surface area contributed by atoms with E-state index in [1.54, 1.807) is 6.20 Å². The molecule has 0 spiro atoms. The van der Waals surface area contributed by atoms with Gasteiger partial charge in [-0.1, -0.05) is 55.3 Å². The molecule has 1 aromatic heterocycles. The van der Waals surface area contributed by atoms with Gasteiger partial charge in [-0.05, 0) is 12.0 Å². The van der Waals surface area contributed by atoms with Crippen LogP contribution in [-0.4, -0.2) is 22.9 Å². The van der Waals surface area contributed by atoms with E-state index < -0.39 is 0 Å². The van der Waals surface area contributed by atoms with Crippen molar-refractivity contribution in [1.29, 1.82) is 0 Å². The Balaban J connectivity index is 1.79. The lowest BCUT2D eigenvalue weighted by Gasteiger charge is -2.10. The Morgan fingerprint density at radius 3 is 2.74 bits per heavy atom. The highest BCUT2D eigenvalue weighted by molar-refractivity contribution is 6.32. The van der Waals surface area contributed by atoms with E-state index in [4.69, 9.17) is 11.6 Å². The molecule has 1 heterocycles. The quantitative estimate of drug-likeness (QED) is 0.692. The molecule has 1 aromatic carbocycles. The summed E-state index contributed by atoms with van der Waals surface area (Å²) < 4.78 is 1.42. The van der Waals surface area contributed by atoms with E-state index >= 15 is 0 Å². The average Bonchev–Trinajstić information content (AvgIpc) is 2.58. The highest BCUT2D eigenvalue weighted by Crippen LogP contribution is 2.14. The first kappa shape index (κ1) is 17.5. The van der Waals surface area contributed by atoms with Crippen LogP contribution in [0.5, 0.6) is 0 Å². The normalized spacial score (nSPS) is 10.7. The van der Waals surface area contributed by atoms with Gasteiger partial charge in [-0.3, -0.25) is 4.79 Å². The minimum atomic E-state index is -0.234. The van der Waals surface area contributed by atoms with Gasteiger partial charge in [0.25, 0.3) is 5.56 Å². The minimum Gasteiger partial charge on any atom is -0.381 e. The zero-order valence-electron chi connectivity index (χ0n) is 13.4. The van der Waals surface area contributed by atoms with Gasteiger partial charge in [-0.25, -0.2) is 4.68 Å². The molecule has 0 saturated heterocycles. The molecule has 0 bridgehead atoms. The predicted octanol–water partition coefficient (Wildman–Crippen LogP) is 2.90. The summed E-state index contributed by atoms with van der Waals surface area (Å²) in [5, 5.41) is 10.9. The molecule has 5 nitrogen and oxygen atoms in total. The molecule has 0 aliphatic heterocycles. The maximum absolute atomic E-state index is 12.1. The maximum atomic E-state index is 12.1. The number of nitrogens with zero attached hydrogens (tertiary/aromatic N) is 2. The van der Waals surface area contributed by atoms with E-state index in [1.165, 1.54) is 10.2 Å². The van der Waals surface area contributed by atoms with Crippen LogP contribution in [0.3, 0.4) is 0 Å². The predicted molar refractivity (Wildman–Crippen MR) is 95.1 cm³/mol. The van der Waals surface area contributed by atoms with Gasteiger partial charge in [0.05, 0.1) is 11.9 Å². The summed E-state index contributed by atoms with van der Waals surface area (Å²) in [5.41, 5.74) is 1.60. The molecule has 23 heavy (non-hydrogen) atoms. The van der Waals surface area contributed by atoms with Crippen LogP contribution in [0.2, 0.25) is 5.02 Å². The first-order valence-electron chi connectivity index (χ1n) is 7.96. The number of nitrogens with one attached hydrogen (secondary N) is 2. The fourth-order valence-corrected chi connectivity index (χ4v) is 2.38. The highest BCUT2D eigenvalue weighted by atomic mass is 35.5. The molecule has 0 unspecified atom stereocenters. The van der Waals surface area contributed by atoms with Crippen molar-refractivity contribution in [2.45, 2.75) is 32.9 Å². The van der Waals surface area contributed by atoms with Gasteiger partial charge in [-0.2, -0.15) is 5.10 Å². The SMILES string of the molecule is CCCCn1ncc(NCCNCc2ccccc2)c(Cl)c1=O. The van der Waals surface area contributed by atoms with Crippen molar-refractivity contribution in [3.05, 3.63) is 57.5 Å². The topological polar surface area (TPSA) is 59.0 Å². The Labute approximate surface area is 141 Å². The van der Waals surface area contributed by atoms with Gasteiger partial charge in [0.15, 0.2) is 0 Å². The Bertz CT molecular complexity index is 657. The maximum Gasteiger partial charge on any atom is 0.287 e. The summed E-state index contributed by atoms with van der Waals surface area (Å²) in [7, 11) is 0. The third kappa shape index (κ3) is 5.37. The number of aryl methyl sites for hydroxylation is 1. The van der Waals surface area contributed by atoms with Crippen LogP contribution in [0.4, 0.5) is 5.69 Å². The smallest absolute Gasteiger partial charge is 0.287 e. The van der Waals surface area contributed by atoms with Crippen LogP contribution in [0.15, 0.2) is 41.3 Å². The van der Waals surface area contributed by atoms with E-state index in [1.807, 2.05) is 18.2 Å². The fourth-order valence-electron chi connectivity index (χ4n) is 2.17. The van der Waals surface area contributed by atoms with E-state index in [0.29, 0.717) is 18.8 Å². The van der Waals surface area contributed by atoms with Gasteiger partial charge in [0.2, 0.25) is 0 Å². The lowest BCUT2D eigenvalue weighted by Crippen LogP contribution is -2.26. The molecule has 6 heteroatoms. The summed E-state index contributed by atoms with van der Waals surface area (Å²) in [6.45, 7) is 4.93. The van der Waals surface area contributed by atoms with Crippen LogP contribution in [-0.2, 0) is 13.1 Å². The third-order valence-electron chi connectivity index (χ3n) is 3.50. The molecular weight excluding hydrogens is 312 g/mol. The van der Waals surface area contributed by atoms with Crippen LogP contribution in [0, 0.1) is 0 Å². The minimum absolute atomic E-state index is 0.208. The van der Waals surface area contributed by atoms with E-state index in [0.717, 1.165) is 25.9 Å². The van der Waals surface area contributed by atoms with E-state index in [9.17, 15) is 4.79 Å². The number of anilines is 1. The Hall–Kier alpha value is -1.85. The molecule has 0 saturated carbocycles. The van der Waals surface area contributed by atoms with Crippen molar-refractivity contribution in [3.63, 3.8) is 0 Å². The second-order valence-corrected chi connectivity index (χ2v) is 5.72. The number of rotatable bonds is 9. The van der Waals surface area contributed by atoms with Crippen molar-refractivity contribution in [2.75, 3.05) is 18.4 Å². The summed E-state index contributed by atoms with van der Waals surface area (Å²) >= 11 is 6.13. The lowest BCUT2D eigenvalue weighted by atomic mass is 10.2. The number of hydrogen-bond acceptors (Lipinski definition) is 4. The Morgan fingerprint density at radius 2 is 2.00 bits per heavy atom. The Kier molecular flexibility index (Phi) is 7.10. The first-order valence-corrected chi connectivity index (χ1v) is 8.34. The van der Waals surface area contributed by atoms with Crippen molar-refractivity contribution in [3.8, 4) is 0 Å². The molecule has 0 fully saturated rings. The first-order chi connectivity index (χ1) is 11.2. The molecule has 0 atom stereocenters. The molecule has 0 amide bonds. The highest BCUT2D eigenvalue weighted by Gasteiger charge is 2.08. The fraction of sp³-hybridized carbons (Fsp3) is 0.412. The second-order valence-electron chi connectivity index (χ2n) is 5.34. The standard InChI is InChI=1S/C17H23ClN4O/c1-2-3-11-22-17(23)16(18)15(13-21-22)20-10-9-19-12-14-7-5-4-6-8-14/h4-8,13,19-20H,2-3,9-12H2,1H3. The van der Waals surface area contributed by atoms with Crippen LogP contribution < -0.4 is 16.2 Å². The number of unbranched alkanes of at least 4 members (excludes halogenated alkanes) is 1. The zero-order chi connectivity index (χ0) is 16.5. The summed E-state index contributed by atoms with van der Waals surface area (Å²) in [4.78, 5) is 12.1. The molecule has 0 aliphatic carbocycles. The lowest BCUT2D eigenvalue weighted by molar-refractivity contribution is 0.543. The third-order valence-corrected chi connectivity index (χ3v) is 3.86. The molecule has 124 valence electrons. The Morgan fingerprint density at radius 1 is 1.22 bits per heavy atom. The van der Waals surface area contributed by atoms with Gasteiger partial charge < -0.3 is 10.6 Å². The summed E-state index contributed by atoms with van der Waals surface area (Å²) in [6, 6.07) is 10.2. The molecule has 0 aliphatic rings.